The number of rotatable bonds is 3. The first-order chi connectivity index (χ1) is 14.6. The molecule has 2 aromatic heterocycles. The van der Waals surface area contributed by atoms with Gasteiger partial charge in [0.25, 0.3) is 5.91 Å². The Kier molecular flexibility index (Phi) is 5.42. The molecule has 0 N–H and O–H groups in total. The van der Waals surface area contributed by atoms with Crippen LogP contribution in [0.3, 0.4) is 0 Å². The van der Waals surface area contributed by atoms with Gasteiger partial charge in [-0.2, -0.15) is 0 Å². The smallest absolute Gasteiger partial charge is 0.270 e. The molecule has 1 aliphatic rings. The maximum absolute atomic E-state index is 13.5. The molecule has 1 fully saturated rings. The van der Waals surface area contributed by atoms with Crippen LogP contribution in [0.25, 0.3) is 11.1 Å². The summed E-state index contributed by atoms with van der Waals surface area (Å²) in [6, 6.07) is 12.1. The Morgan fingerprint density at radius 3 is 2.58 bits per heavy atom. The molecule has 0 bridgehead atoms. The predicted octanol–water partition coefficient (Wildman–Crippen LogP) is 4.31. The molecule has 0 saturated carbocycles. The van der Waals surface area contributed by atoms with Crippen molar-refractivity contribution in [1.82, 2.24) is 14.4 Å². The number of hydrogen-bond acceptors (Lipinski definition) is 3. The minimum absolute atomic E-state index is 0.0197. The predicted molar refractivity (Wildman–Crippen MR) is 121 cm³/mol. The van der Waals surface area contributed by atoms with Gasteiger partial charge in [-0.1, -0.05) is 50.6 Å². The van der Waals surface area contributed by atoms with Crippen LogP contribution in [0.5, 0.6) is 0 Å². The van der Waals surface area contributed by atoms with Crippen molar-refractivity contribution in [3.05, 3.63) is 59.5 Å². The Bertz CT molecular complexity index is 1120. The molecule has 3 aromatic rings. The summed E-state index contributed by atoms with van der Waals surface area (Å²) in [5.74, 6) is 0.112. The van der Waals surface area contributed by atoms with E-state index in [9.17, 15) is 9.59 Å². The molecule has 3 heterocycles. The molecule has 0 unspecified atom stereocenters. The Balaban J connectivity index is 1.59. The van der Waals surface area contributed by atoms with Crippen LogP contribution in [-0.2, 0) is 11.3 Å². The summed E-state index contributed by atoms with van der Waals surface area (Å²) < 4.78 is 7.68. The average Bonchev–Trinajstić information content (AvgIpc) is 3.29. The number of aromatic nitrogens is 1. The Morgan fingerprint density at radius 2 is 1.90 bits per heavy atom. The van der Waals surface area contributed by atoms with Crippen molar-refractivity contribution in [1.29, 1.82) is 0 Å². The second kappa shape index (κ2) is 7.91. The molecule has 2 amide bonds. The lowest BCUT2D eigenvalue weighted by Gasteiger charge is -2.42. The van der Waals surface area contributed by atoms with Gasteiger partial charge in [0.15, 0.2) is 0 Å². The van der Waals surface area contributed by atoms with Crippen molar-refractivity contribution in [2.24, 2.45) is 5.41 Å². The van der Waals surface area contributed by atoms with E-state index in [-0.39, 0.29) is 17.9 Å². The summed E-state index contributed by atoms with van der Waals surface area (Å²) in [5.41, 5.74) is 3.21. The van der Waals surface area contributed by atoms with Crippen molar-refractivity contribution in [2.75, 3.05) is 19.6 Å². The van der Waals surface area contributed by atoms with E-state index in [1.807, 2.05) is 60.3 Å². The van der Waals surface area contributed by atoms with E-state index < -0.39 is 5.41 Å². The van der Waals surface area contributed by atoms with E-state index >= 15 is 0 Å². The van der Waals surface area contributed by atoms with Gasteiger partial charge in [-0.05, 0) is 31.5 Å². The first-order valence-electron chi connectivity index (χ1n) is 10.9. The summed E-state index contributed by atoms with van der Waals surface area (Å²) in [7, 11) is 0. The highest BCUT2D eigenvalue weighted by Gasteiger charge is 2.35. The van der Waals surface area contributed by atoms with Crippen LogP contribution in [-0.4, -0.2) is 51.9 Å². The van der Waals surface area contributed by atoms with E-state index in [2.05, 4.69) is 25.1 Å². The number of benzene rings is 1. The second-order valence-electron chi connectivity index (χ2n) is 9.63. The van der Waals surface area contributed by atoms with Gasteiger partial charge in [-0.3, -0.25) is 9.59 Å². The molecule has 4 rings (SSSR count). The zero-order chi connectivity index (χ0) is 22.3. The lowest BCUT2D eigenvalue weighted by atomic mass is 9.93. The molecule has 6 nitrogen and oxygen atoms in total. The summed E-state index contributed by atoms with van der Waals surface area (Å²) in [5, 5.41) is 0.922. The number of carbonyl (C=O) groups is 2. The van der Waals surface area contributed by atoms with Gasteiger partial charge >= 0.3 is 0 Å². The fraction of sp³-hybridized carbons (Fsp3) is 0.440. The maximum Gasteiger partial charge on any atom is 0.270 e. The average molecular weight is 422 g/mol. The molecule has 1 aliphatic heterocycles. The normalized spacial score (nSPS) is 17.4. The fourth-order valence-electron chi connectivity index (χ4n) is 4.34. The van der Waals surface area contributed by atoms with Crippen LogP contribution in [0.1, 0.15) is 49.3 Å². The van der Waals surface area contributed by atoms with Gasteiger partial charge in [0, 0.05) is 36.5 Å². The molecular formula is C25H31N3O3. The van der Waals surface area contributed by atoms with Gasteiger partial charge in [-0.15, -0.1) is 0 Å². The van der Waals surface area contributed by atoms with Gasteiger partial charge in [-0.25, -0.2) is 0 Å². The topological polar surface area (TPSA) is 58.7 Å². The first-order valence-corrected chi connectivity index (χ1v) is 10.9. The van der Waals surface area contributed by atoms with Gasteiger partial charge < -0.3 is 18.8 Å². The molecule has 31 heavy (non-hydrogen) atoms. The third kappa shape index (κ3) is 4.11. The minimum atomic E-state index is -0.423. The Morgan fingerprint density at radius 1 is 1.13 bits per heavy atom. The van der Waals surface area contributed by atoms with Crippen LogP contribution in [0.15, 0.2) is 47.1 Å². The van der Waals surface area contributed by atoms with E-state index in [1.54, 1.807) is 6.26 Å². The quantitative estimate of drug-likeness (QED) is 0.633. The summed E-state index contributed by atoms with van der Waals surface area (Å²) in [4.78, 5) is 30.0. The summed E-state index contributed by atoms with van der Waals surface area (Å²) >= 11 is 0. The number of carbonyl (C=O) groups excluding carboxylic acids is 2. The molecule has 164 valence electrons. The SMILES string of the molecule is Cc1cccc(Cn2c(C(=O)N3CCN(C(=O)C(C)(C)C)[C@H](C)C3)cc3ccoc32)c1. The monoisotopic (exact) mass is 421 g/mol. The number of nitrogens with zero attached hydrogens (tertiary/aromatic N) is 3. The van der Waals surface area contributed by atoms with Gasteiger partial charge in [0.1, 0.15) is 5.69 Å². The van der Waals surface area contributed by atoms with Crippen molar-refractivity contribution in [2.45, 2.75) is 47.2 Å². The zero-order valence-corrected chi connectivity index (χ0v) is 19.0. The highest BCUT2D eigenvalue weighted by molar-refractivity contribution is 5.98. The van der Waals surface area contributed by atoms with Crippen LogP contribution in [0.2, 0.25) is 0 Å². The number of hydrogen-bond donors (Lipinski definition) is 0. The highest BCUT2D eigenvalue weighted by atomic mass is 16.3. The Hall–Kier alpha value is -3.02. The molecule has 1 saturated heterocycles. The van der Waals surface area contributed by atoms with Gasteiger partial charge in [0.05, 0.1) is 12.8 Å². The van der Waals surface area contributed by atoms with E-state index in [0.717, 1.165) is 10.9 Å². The maximum atomic E-state index is 13.5. The first kappa shape index (κ1) is 21.2. The molecule has 0 aliphatic carbocycles. The van der Waals surface area contributed by atoms with Crippen LogP contribution < -0.4 is 0 Å². The van der Waals surface area contributed by atoms with Crippen molar-refractivity contribution >= 4 is 22.9 Å². The largest absolute Gasteiger partial charge is 0.448 e. The molecule has 1 atom stereocenters. The number of fused-ring (bicyclic) bond motifs is 1. The second-order valence-corrected chi connectivity index (χ2v) is 9.63. The summed E-state index contributed by atoms with van der Waals surface area (Å²) in [6.45, 7) is 12.1. The van der Waals surface area contributed by atoms with E-state index in [1.165, 1.54) is 5.56 Å². The lowest BCUT2D eigenvalue weighted by Crippen LogP contribution is -2.57. The van der Waals surface area contributed by atoms with E-state index in [0.29, 0.717) is 37.6 Å². The third-order valence-corrected chi connectivity index (χ3v) is 5.96. The summed E-state index contributed by atoms with van der Waals surface area (Å²) in [6.07, 6.45) is 1.66. The number of aryl methyl sites for hydroxylation is 1. The van der Waals surface area contributed by atoms with Crippen molar-refractivity contribution < 1.29 is 14.0 Å². The highest BCUT2D eigenvalue weighted by Crippen LogP contribution is 2.26. The van der Waals surface area contributed by atoms with Crippen LogP contribution in [0.4, 0.5) is 0 Å². The molecule has 6 heteroatoms. The van der Waals surface area contributed by atoms with E-state index in [4.69, 9.17) is 4.42 Å². The van der Waals surface area contributed by atoms with Gasteiger partial charge in [0.2, 0.25) is 11.6 Å². The molecule has 0 spiro atoms. The zero-order valence-electron chi connectivity index (χ0n) is 19.0. The Labute approximate surface area is 183 Å². The lowest BCUT2D eigenvalue weighted by molar-refractivity contribution is -0.143. The standard InChI is InChI=1S/C25H31N3O3/c1-17-7-6-8-19(13-17)16-28-21(14-20-9-12-31-23(20)28)22(29)26-10-11-27(18(2)15-26)24(30)25(3,4)5/h6-9,12-14,18H,10-11,15-16H2,1-5H3/t18-/m1/s1. The number of piperazine rings is 1. The molecule has 1 aromatic carbocycles. The fourth-order valence-corrected chi connectivity index (χ4v) is 4.34. The third-order valence-electron chi connectivity index (χ3n) is 5.96. The molecule has 0 radical (unpaired) electrons. The van der Waals surface area contributed by atoms with Crippen molar-refractivity contribution in [3.8, 4) is 0 Å². The van der Waals surface area contributed by atoms with Crippen molar-refractivity contribution in [3.63, 3.8) is 0 Å². The van der Waals surface area contributed by atoms with Crippen LogP contribution in [0, 0.1) is 12.3 Å². The minimum Gasteiger partial charge on any atom is -0.448 e. The molecular weight excluding hydrogens is 390 g/mol. The number of furan rings is 1. The number of amides is 2. The van der Waals surface area contributed by atoms with Crippen LogP contribution >= 0.6 is 0 Å².